The predicted molar refractivity (Wildman–Crippen MR) is 137 cm³/mol. The van der Waals surface area contributed by atoms with Crippen LogP contribution in [0.3, 0.4) is 0 Å². The molecule has 0 saturated carbocycles. The van der Waals surface area contributed by atoms with Gasteiger partial charge in [-0.1, -0.05) is 35.9 Å². The Kier molecular flexibility index (Phi) is 7.07. The number of methoxy groups -OCH3 is 1. The second-order valence-corrected chi connectivity index (χ2v) is 12.1. The first-order valence-corrected chi connectivity index (χ1v) is 14.2. The van der Waals surface area contributed by atoms with Gasteiger partial charge >= 0.3 is 0 Å². The van der Waals surface area contributed by atoms with Crippen LogP contribution in [-0.2, 0) is 20.0 Å². The average Bonchev–Trinajstić information content (AvgIpc) is 3.31. The Morgan fingerprint density at radius 1 is 0.971 bits per heavy atom. The van der Waals surface area contributed by atoms with Gasteiger partial charge in [-0.2, -0.15) is 17.9 Å². The SMILES string of the molecule is CCS(=O)(=O)Nc1ccc(C2=NN(S(=O)(=O)c3ccc(Cl)cc3)C(c3ccc(OC)cc3)C2)cc1. The van der Waals surface area contributed by atoms with Crippen molar-refractivity contribution in [3.63, 3.8) is 0 Å². The molecule has 0 radical (unpaired) electrons. The number of hydrogen-bond acceptors (Lipinski definition) is 6. The van der Waals surface area contributed by atoms with Crippen molar-refractivity contribution in [1.29, 1.82) is 0 Å². The molecular weight excluding hydrogens is 510 g/mol. The van der Waals surface area contributed by atoms with Gasteiger partial charge in [0, 0.05) is 17.1 Å². The molecule has 0 bridgehead atoms. The highest BCUT2D eigenvalue weighted by atomic mass is 35.5. The fraction of sp³-hybridized carbons (Fsp3) is 0.208. The van der Waals surface area contributed by atoms with E-state index < -0.39 is 26.1 Å². The van der Waals surface area contributed by atoms with Crippen LogP contribution in [0.25, 0.3) is 0 Å². The van der Waals surface area contributed by atoms with Crippen molar-refractivity contribution in [2.45, 2.75) is 24.3 Å². The summed E-state index contributed by atoms with van der Waals surface area (Å²) >= 11 is 5.95. The number of hydrogen-bond donors (Lipinski definition) is 1. The molecule has 1 unspecified atom stereocenters. The van der Waals surface area contributed by atoms with Gasteiger partial charge in [-0.05, 0) is 66.6 Å². The van der Waals surface area contributed by atoms with Crippen molar-refractivity contribution in [1.82, 2.24) is 4.41 Å². The van der Waals surface area contributed by atoms with Crippen molar-refractivity contribution in [2.24, 2.45) is 5.10 Å². The Labute approximate surface area is 210 Å². The lowest BCUT2D eigenvalue weighted by Crippen LogP contribution is -2.27. The Morgan fingerprint density at radius 2 is 1.60 bits per heavy atom. The van der Waals surface area contributed by atoms with Crippen molar-refractivity contribution in [3.05, 3.63) is 88.9 Å². The normalized spacial score (nSPS) is 16.1. The molecule has 35 heavy (non-hydrogen) atoms. The third kappa shape index (κ3) is 5.44. The van der Waals surface area contributed by atoms with Gasteiger partial charge in [-0.3, -0.25) is 4.72 Å². The topological polar surface area (TPSA) is 105 Å². The zero-order chi connectivity index (χ0) is 25.2. The van der Waals surface area contributed by atoms with Crippen LogP contribution < -0.4 is 9.46 Å². The highest BCUT2D eigenvalue weighted by Crippen LogP contribution is 2.38. The van der Waals surface area contributed by atoms with Crippen LogP contribution in [0.15, 0.2) is 82.8 Å². The maximum Gasteiger partial charge on any atom is 0.279 e. The monoisotopic (exact) mass is 533 g/mol. The van der Waals surface area contributed by atoms with Crippen LogP contribution in [-0.4, -0.2) is 39.8 Å². The summed E-state index contributed by atoms with van der Waals surface area (Å²) in [5, 5.41) is 4.94. The van der Waals surface area contributed by atoms with Gasteiger partial charge in [-0.15, -0.1) is 0 Å². The van der Waals surface area contributed by atoms with Crippen molar-refractivity contribution in [2.75, 3.05) is 17.6 Å². The molecule has 0 aromatic heterocycles. The Bertz CT molecular complexity index is 1440. The third-order valence-electron chi connectivity index (χ3n) is 5.60. The molecule has 184 valence electrons. The fourth-order valence-electron chi connectivity index (χ4n) is 3.66. The minimum Gasteiger partial charge on any atom is -0.497 e. The van der Waals surface area contributed by atoms with E-state index in [2.05, 4.69) is 9.82 Å². The lowest BCUT2D eigenvalue weighted by Gasteiger charge is -2.23. The second kappa shape index (κ2) is 9.88. The van der Waals surface area contributed by atoms with Gasteiger partial charge in [0.2, 0.25) is 10.0 Å². The molecule has 0 aliphatic carbocycles. The summed E-state index contributed by atoms with van der Waals surface area (Å²) in [4.78, 5) is 0.0785. The van der Waals surface area contributed by atoms with Gasteiger partial charge in [-0.25, -0.2) is 8.42 Å². The number of sulfonamides is 2. The number of benzene rings is 3. The summed E-state index contributed by atoms with van der Waals surface area (Å²) < 4.78 is 59.6. The number of nitrogens with one attached hydrogen (secondary N) is 1. The third-order valence-corrected chi connectivity index (χ3v) is 8.86. The molecule has 11 heteroatoms. The molecule has 1 heterocycles. The molecule has 1 atom stereocenters. The van der Waals surface area contributed by atoms with Gasteiger partial charge < -0.3 is 4.74 Å². The number of halogens is 1. The fourth-order valence-corrected chi connectivity index (χ4v) is 5.85. The summed E-state index contributed by atoms with van der Waals surface area (Å²) in [6.07, 6.45) is 0.333. The Balaban J connectivity index is 1.71. The van der Waals surface area contributed by atoms with Crippen LogP contribution in [0.4, 0.5) is 5.69 Å². The summed E-state index contributed by atoms with van der Waals surface area (Å²) in [7, 11) is -5.82. The van der Waals surface area contributed by atoms with E-state index in [-0.39, 0.29) is 10.6 Å². The molecule has 0 spiro atoms. The van der Waals surface area contributed by atoms with E-state index in [4.69, 9.17) is 16.3 Å². The molecule has 4 rings (SSSR count). The van der Waals surface area contributed by atoms with E-state index in [1.807, 2.05) is 12.1 Å². The molecular formula is C24H24ClN3O5S2. The van der Waals surface area contributed by atoms with Crippen LogP contribution in [0, 0.1) is 0 Å². The van der Waals surface area contributed by atoms with Crippen molar-refractivity contribution in [3.8, 4) is 5.75 Å². The van der Waals surface area contributed by atoms with Crippen LogP contribution in [0.2, 0.25) is 5.02 Å². The highest BCUT2D eigenvalue weighted by molar-refractivity contribution is 7.92. The molecule has 3 aromatic carbocycles. The minimum atomic E-state index is -3.98. The molecule has 0 fully saturated rings. The molecule has 1 aliphatic heterocycles. The van der Waals surface area contributed by atoms with E-state index in [1.54, 1.807) is 50.4 Å². The van der Waals surface area contributed by atoms with E-state index in [1.165, 1.54) is 24.3 Å². The summed E-state index contributed by atoms with van der Waals surface area (Å²) in [5.74, 6) is 0.618. The number of hydrazone groups is 1. The minimum absolute atomic E-state index is 0.0392. The number of nitrogens with zero attached hydrogens (tertiary/aromatic N) is 2. The lowest BCUT2D eigenvalue weighted by atomic mass is 9.99. The smallest absolute Gasteiger partial charge is 0.279 e. The first-order chi connectivity index (χ1) is 16.6. The van der Waals surface area contributed by atoms with Crippen molar-refractivity contribution >= 4 is 43.0 Å². The number of anilines is 1. The van der Waals surface area contributed by atoms with Gasteiger partial charge in [0.15, 0.2) is 0 Å². The first kappa shape index (κ1) is 25.0. The predicted octanol–water partition coefficient (Wildman–Crippen LogP) is 4.65. The van der Waals surface area contributed by atoms with Crippen LogP contribution in [0.1, 0.15) is 30.5 Å². The first-order valence-electron chi connectivity index (χ1n) is 10.8. The summed E-state index contributed by atoms with van der Waals surface area (Å²) in [5.41, 5.74) is 2.44. The maximum absolute atomic E-state index is 13.5. The second-order valence-electron chi connectivity index (χ2n) is 7.85. The highest BCUT2D eigenvalue weighted by Gasteiger charge is 2.37. The zero-order valence-corrected chi connectivity index (χ0v) is 21.4. The number of rotatable bonds is 8. The lowest BCUT2D eigenvalue weighted by molar-refractivity contribution is 0.370. The zero-order valence-electron chi connectivity index (χ0n) is 19.0. The quantitative estimate of drug-likeness (QED) is 0.453. The largest absolute Gasteiger partial charge is 0.497 e. The summed E-state index contributed by atoms with van der Waals surface area (Å²) in [6.45, 7) is 1.55. The standard InChI is InChI=1S/C24H24ClN3O5S2/c1-3-34(29,30)27-20-10-4-17(5-11-20)23-16-24(18-6-12-21(33-2)13-7-18)28(26-23)35(31,32)22-14-8-19(25)9-15-22/h4-15,24,27H,3,16H2,1-2H3. The Hall–Kier alpha value is -3.08. The molecule has 1 aliphatic rings. The molecule has 8 nitrogen and oxygen atoms in total. The van der Waals surface area contributed by atoms with E-state index in [0.717, 1.165) is 9.98 Å². The molecule has 1 N–H and O–H groups in total. The molecule has 0 saturated heterocycles. The summed E-state index contributed by atoms with van der Waals surface area (Å²) in [6, 6.07) is 19.2. The van der Waals surface area contributed by atoms with E-state index >= 15 is 0 Å². The average molecular weight is 534 g/mol. The number of ether oxygens (including phenoxy) is 1. The maximum atomic E-state index is 13.5. The van der Waals surface area contributed by atoms with Crippen LogP contribution >= 0.6 is 11.6 Å². The van der Waals surface area contributed by atoms with Crippen LogP contribution in [0.5, 0.6) is 5.75 Å². The van der Waals surface area contributed by atoms with Gasteiger partial charge in [0.1, 0.15) is 5.75 Å². The molecule has 0 amide bonds. The van der Waals surface area contributed by atoms with Gasteiger partial charge in [0.25, 0.3) is 10.0 Å². The van der Waals surface area contributed by atoms with E-state index in [0.29, 0.717) is 34.2 Å². The van der Waals surface area contributed by atoms with E-state index in [9.17, 15) is 16.8 Å². The molecule has 3 aromatic rings. The Morgan fingerprint density at radius 3 is 2.17 bits per heavy atom. The van der Waals surface area contributed by atoms with Gasteiger partial charge in [0.05, 0.1) is 29.5 Å². The van der Waals surface area contributed by atoms with Crippen molar-refractivity contribution < 1.29 is 21.6 Å².